The van der Waals surface area contributed by atoms with Crippen molar-refractivity contribution in [2.24, 2.45) is 28.7 Å². The van der Waals surface area contributed by atoms with Gasteiger partial charge in [0.25, 0.3) is 0 Å². The fourth-order valence-electron chi connectivity index (χ4n) is 6.93. The topological polar surface area (TPSA) is 302 Å². The highest BCUT2D eigenvalue weighted by atomic mass is 32.2. The molecular formula is C32H65N5O11S. The van der Waals surface area contributed by atoms with Crippen LogP contribution in [0.5, 0.6) is 0 Å². The van der Waals surface area contributed by atoms with Crippen LogP contribution in [-0.2, 0) is 28.8 Å². The summed E-state index contributed by atoms with van der Waals surface area (Å²) in [5.41, 5.74) is 30.3. The smallest absolute Gasteiger partial charge is 0.186 e. The quantitative estimate of drug-likeness (QED) is 0.0595. The van der Waals surface area contributed by atoms with Crippen molar-refractivity contribution in [1.82, 2.24) is 0 Å². The average Bonchev–Trinajstić information content (AvgIpc) is 3.06. The van der Waals surface area contributed by atoms with Crippen molar-refractivity contribution >= 4 is 9.84 Å². The lowest BCUT2D eigenvalue weighted by molar-refractivity contribution is -0.314. The maximum absolute atomic E-state index is 13.0. The normalized spacial score (nSPS) is 40.4. The maximum Gasteiger partial charge on any atom is 0.186 e. The first kappa shape index (κ1) is 42.8. The Hall–Kier alpha value is -0.610. The Balaban J connectivity index is 1.52. The molecular weight excluding hydrogens is 662 g/mol. The van der Waals surface area contributed by atoms with Crippen LogP contribution in [0.1, 0.15) is 90.4 Å². The van der Waals surface area contributed by atoms with Crippen LogP contribution in [0.4, 0.5) is 0 Å². The average molecular weight is 728 g/mol. The minimum atomic E-state index is -3.66. The Bertz CT molecular complexity index is 1050. The molecule has 2 saturated heterocycles. The third-order valence-corrected chi connectivity index (χ3v) is 11.9. The molecule has 3 aliphatic rings. The molecule has 3 rings (SSSR count). The van der Waals surface area contributed by atoms with Crippen molar-refractivity contribution in [2.75, 3.05) is 18.1 Å². The highest BCUT2D eigenvalue weighted by Gasteiger charge is 2.51. The van der Waals surface area contributed by atoms with Crippen LogP contribution < -0.4 is 28.7 Å². The summed E-state index contributed by atoms with van der Waals surface area (Å²) in [7, 11) is -3.66. The van der Waals surface area contributed by atoms with Gasteiger partial charge in [-0.15, -0.1) is 0 Å². The number of hydrogen-bond acceptors (Lipinski definition) is 16. The number of ether oxygens (including phenoxy) is 4. The summed E-state index contributed by atoms with van der Waals surface area (Å²) in [6.45, 7) is 2.07. The molecule has 3 fully saturated rings. The number of rotatable bonds is 20. The molecule has 15 N–H and O–H groups in total. The second kappa shape index (κ2) is 20.6. The molecule has 0 radical (unpaired) electrons. The second-order valence-corrected chi connectivity index (χ2v) is 16.4. The summed E-state index contributed by atoms with van der Waals surface area (Å²) in [4.78, 5) is 0. The third-order valence-electron chi connectivity index (χ3n) is 10.1. The monoisotopic (exact) mass is 727 g/mol. The van der Waals surface area contributed by atoms with E-state index >= 15 is 0 Å². The largest absolute Gasteiger partial charge is 0.389 e. The zero-order chi connectivity index (χ0) is 36.3. The molecule has 0 aromatic rings. The van der Waals surface area contributed by atoms with Gasteiger partial charge in [0.05, 0.1) is 29.7 Å². The van der Waals surface area contributed by atoms with Crippen molar-refractivity contribution < 1.29 is 52.9 Å². The molecule has 2 heterocycles. The molecule has 0 unspecified atom stereocenters. The van der Waals surface area contributed by atoms with Gasteiger partial charge >= 0.3 is 0 Å². The Morgan fingerprint density at radius 3 is 1.63 bits per heavy atom. The van der Waals surface area contributed by atoms with Gasteiger partial charge in [-0.2, -0.15) is 0 Å². The van der Waals surface area contributed by atoms with Crippen LogP contribution in [0.2, 0.25) is 0 Å². The summed E-state index contributed by atoms with van der Waals surface area (Å²) < 4.78 is 49.3. The van der Waals surface area contributed by atoms with E-state index in [-0.39, 0.29) is 18.7 Å². The van der Waals surface area contributed by atoms with Crippen molar-refractivity contribution in [3.63, 3.8) is 0 Å². The van der Waals surface area contributed by atoms with E-state index in [1.54, 1.807) is 0 Å². The van der Waals surface area contributed by atoms with E-state index in [2.05, 4.69) is 6.92 Å². The van der Waals surface area contributed by atoms with Gasteiger partial charge in [-0.25, -0.2) is 8.42 Å². The Kier molecular flexibility index (Phi) is 18.0. The highest BCUT2D eigenvalue weighted by molar-refractivity contribution is 7.91. The van der Waals surface area contributed by atoms with E-state index in [9.17, 15) is 34.0 Å². The van der Waals surface area contributed by atoms with Gasteiger partial charge in [0.15, 0.2) is 22.4 Å². The van der Waals surface area contributed by atoms with Crippen LogP contribution in [0.15, 0.2) is 0 Å². The number of nitrogens with two attached hydrogens (primary N) is 5. The fourth-order valence-corrected chi connectivity index (χ4v) is 8.52. The van der Waals surface area contributed by atoms with Crippen LogP contribution >= 0.6 is 0 Å². The maximum atomic E-state index is 13.0. The molecule has 15 atom stereocenters. The molecule has 0 spiro atoms. The summed E-state index contributed by atoms with van der Waals surface area (Å²) >= 11 is 0. The summed E-state index contributed by atoms with van der Waals surface area (Å²) in [6.07, 6.45) is -1.57. The molecule has 17 heteroatoms. The molecule has 0 bridgehead atoms. The number of aliphatic hydroxyl groups is 5. The Labute approximate surface area is 291 Å². The van der Waals surface area contributed by atoms with Crippen molar-refractivity contribution in [1.29, 1.82) is 0 Å². The fraction of sp³-hybridized carbons (Fsp3) is 1.00. The lowest BCUT2D eigenvalue weighted by atomic mass is 9.84. The first-order chi connectivity index (χ1) is 23.2. The number of unbranched alkanes of at least 4 members (excludes halogenated alkanes) is 11. The minimum absolute atomic E-state index is 0.0776. The lowest BCUT2D eigenvalue weighted by Gasteiger charge is -2.48. The zero-order valence-corrected chi connectivity index (χ0v) is 29.8. The Morgan fingerprint density at radius 2 is 1.10 bits per heavy atom. The summed E-state index contributed by atoms with van der Waals surface area (Å²) in [6, 6.07) is -4.22. The van der Waals surface area contributed by atoms with Gasteiger partial charge in [0, 0.05) is 18.6 Å². The first-order valence-corrected chi connectivity index (χ1v) is 20.0. The molecule has 290 valence electrons. The molecule has 1 saturated carbocycles. The molecule has 0 amide bonds. The van der Waals surface area contributed by atoms with E-state index in [4.69, 9.17) is 47.6 Å². The Morgan fingerprint density at radius 1 is 0.612 bits per heavy atom. The van der Waals surface area contributed by atoms with Crippen LogP contribution in [0.3, 0.4) is 0 Å². The lowest BCUT2D eigenvalue weighted by Crippen LogP contribution is -2.69. The SMILES string of the molecule is CCCCCCCCCCCCCCS(=O)(=O)C[C@@H]1O[C@@H](O[C@@H]2[C@@H](O)[C@H](O[C@@H]3O[C@@H](CN)[C@H](O)[C@@H](O)[C@@H]3N)[C@@H](N)C[C@H]2N)[C@@H](O)[C@H](N)[C@H]1O. The van der Waals surface area contributed by atoms with Crippen molar-refractivity contribution in [3.05, 3.63) is 0 Å². The predicted octanol–water partition coefficient (Wildman–Crippen LogP) is -2.20. The minimum Gasteiger partial charge on any atom is -0.389 e. The van der Waals surface area contributed by atoms with Crippen molar-refractivity contribution in [3.8, 4) is 0 Å². The van der Waals surface area contributed by atoms with Gasteiger partial charge in [0.1, 0.15) is 48.8 Å². The number of hydrogen-bond donors (Lipinski definition) is 10. The molecule has 2 aliphatic heterocycles. The van der Waals surface area contributed by atoms with Crippen molar-refractivity contribution in [2.45, 2.75) is 182 Å². The van der Waals surface area contributed by atoms with E-state index in [0.29, 0.717) is 6.42 Å². The van der Waals surface area contributed by atoms with Crippen LogP contribution in [-0.4, -0.2) is 144 Å². The van der Waals surface area contributed by atoms with E-state index in [1.165, 1.54) is 44.9 Å². The summed E-state index contributed by atoms with van der Waals surface area (Å²) in [5, 5.41) is 53.4. The number of sulfone groups is 1. The van der Waals surface area contributed by atoms with Crippen LogP contribution in [0.25, 0.3) is 0 Å². The molecule has 16 nitrogen and oxygen atoms in total. The van der Waals surface area contributed by atoms with Crippen LogP contribution in [0, 0.1) is 0 Å². The molecule has 1 aliphatic carbocycles. The summed E-state index contributed by atoms with van der Waals surface area (Å²) in [5.74, 6) is -0.610. The highest BCUT2D eigenvalue weighted by Crippen LogP contribution is 2.31. The van der Waals surface area contributed by atoms with Gasteiger partial charge in [-0.05, 0) is 12.8 Å². The first-order valence-electron chi connectivity index (χ1n) is 18.2. The van der Waals surface area contributed by atoms with E-state index < -0.39 is 107 Å². The second-order valence-electron chi connectivity index (χ2n) is 14.2. The zero-order valence-electron chi connectivity index (χ0n) is 29.0. The molecule has 49 heavy (non-hydrogen) atoms. The van der Waals surface area contributed by atoms with E-state index in [0.717, 1.165) is 25.7 Å². The van der Waals surface area contributed by atoms with E-state index in [1.807, 2.05) is 0 Å². The van der Waals surface area contributed by atoms with Gasteiger partial charge in [-0.1, -0.05) is 77.6 Å². The predicted molar refractivity (Wildman–Crippen MR) is 182 cm³/mol. The number of aliphatic hydroxyl groups excluding tert-OH is 5. The molecule has 0 aromatic heterocycles. The third kappa shape index (κ3) is 12.2. The standard InChI is InChI=1S/C32H65N5O11S/c1-2-3-4-5-6-7-8-9-10-11-12-13-14-49(43,44)17-21-24(38)22(36)27(41)32(46-21)48-30-19(35)15-18(34)29(28(30)42)47-31-23(37)26(40)25(39)20(16-33)45-31/h18-32,38-42H,2-17,33-37H2,1H3/t18-,19+,20-,21-,22+,23-,24-,25-,26-,27-,28-,29+,30-,31-,32-/m0/s1. The van der Waals surface area contributed by atoms with Gasteiger partial charge in [0.2, 0.25) is 0 Å². The molecule has 0 aromatic carbocycles. The van der Waals surface area contributed by atoms with Gasteiger partial charge < -0.3 is 73.1 Å². The van der Waals surface area contributed by atoms with Gasteiger partial charge in [-0.3, -0.25) is 0 Å².